The first kappa shape index (κ1) is 20.4. The summed E-state index contributed by atoms with van der Waals surface area (Å²) in [6.07, 6.45) is 9.43. The first-order valence-electron chi connectivity index (χ1n) is 11.1. The van der Waals surface area contributed by atoms with Crippen LogP contribution in [0.2, 0.25) is 0 Å². The van der Waals surface area contributed by atoms with E-state index in [0.717, 1.165) is 30.6 Å². The molecule has 2 aromatic heterocycles. The smallest absolute Gasteiger partial charge is 0.191 e. The van der Waals surface area contributed by atoms with Gasteiger partial charge in [-0.15, -0.1) is 10.2 Å². The van der Waals surface area contributed by atoms with Gasteiger partial charge in [-0.05, 0) is 50.3 Å². The van der Waals surface area contributed by atoms with Crippen LogP contribution in [0, 0.1) is 13.8 Å². The zero-order chi connectivity index (χ0) is 20.9. The van der Waals surface area contributed by atoms with E-state index in [1.807, 2.05) is 18.5 Å². The number of H-pyrrole nitrogens is 1. The molecule has 1 aliphatic carbocycles. The molecule has 3 aromatic rings. The summed E-state index contributed by atoms with van der Waals surface area (Å²) in [5, 5.41) is 16.9. The Kier molecular flexibility index (Phi) is 6.35. The lowest BCUT2D eigenvalue weighted by atomic mass is 9.96. The molecule has 2 heterocycles. The number of nitrogens with zero attached hydrogens (tertiary/aromatic N) is 4. The van der Waals surface area contributed by atoms with Crippen molar-refractivity contribution in [2.75, 3.05) is 6.54 Å². The zero-order valence-electron chi connectivity index (χ0n) is 18.3. The number of guanidine groups is 1. The van der Waals surface area contributed by atoms with Crippen LogP contribution < -0.4 is 10.6 Å². The number of aliphatic imine (C=N–C) groups is 1. The van der Waals surface area contributed by atoms with Crippen LogP contribution in [0.25, 0.3) is 10.9 Å². The van der Waals surface area contributed by atoms with Crippen LogP contribution in [0.3, 0.4) is 0 Å². The van der Waals surface area contributed by atoms with Crippen LogP contribution in [0.5, 0.6) is 0 Å². The fourth-order valence-corrected chi connectivity index (χ4v) is 4.30. The van der Waals surface area contributed by atoms with Crippen molar-refractivity contribution in [2.24, 2.45) is 12.0 Å². The number of aromatic nitrogens is 4. The molecule has 0 unspecified atom stereocenters. The van der Waals surface area contributed by atoms with Crippen LogP contribution in [0.4, 0.5) is 0 Å². The molecule has 7 nitrogen and oxygen atoms in total. The van der Waals surface area contributed by atoms with Gasteiger partial charge in [0.1, 0.15) is 12.4 Å². The topological polar surface area (TPSA) is 82.9 Å². The predicted octanol–water partition coefficient (Wildman–Crippen LogP) is 3.52. The van der Waals surface area contributed by atoms with Gasteiger partial charge >= 0.3 is 0 Å². The number of hydrogen-bond acceptors (Lipinski definition) is 3. The molecule has 1 fully saturated rings. The van der Waals surface area contributed by atoms with Crippen molar-refractivity contribution < 1.29 is 0 Å². The van der Waals surface area contributed by atoms with Gasteiger partial charge in [-0.25, -0.2) is 4.99 Å². The van der Waals surface area contributed by atoms with Crippen molar-refractivity contribution in [3.05, 3.63) is 47.2 Å². The Morgan fingerprint density at radius 1 is 1.20 bits per heavy atom. The number of hydrogen-bond donors (Lipinski definition) is 3. The third-order valence-electron chi connectivity index (χ3n) is 6.19. The lowest BCUT2D eigenvalue weighted by Gasteiger charge is -2.25. The lowest BCUT2D eigenvalue weighted by Crippen LogP contribution is -2.44. The molecule has 1 aliphatic rings. The molecule has 0 amide bonds. The molecule has 0 radical (unpaired) electrons. The Labute approximate surface area is 178 Å². The summed E-state index contributed by atoms with van der Waals surface area (Å²) in [6.45, 7) is 5.49. The number of aromatic amines is 1. The minimum Gasteiger partial charge on any atom is -0.361 e. The van der Waals surface area contributed by atoms with Crippen LogP contribution in [-0.4, -0.2) is 38.3 Å². The fraction of sp³-hybridized carbons (Fsp3) is 0.522. The number of fused-ring (bicyclic) bond motifs is 1. The number of aryl methyl sites for hydroxylation is 2. The highest BCUT2D eigenvalue weighted by Crippen LogP contribution is 2.22. The normalized spacial score (nSPS) is 15.6. The standard InChI is InChI=1S/C23H33N7/c1-16-8-7-11-20-22(16)18(14-25-20)12-13-24-23(27-19-9-5-4-6-10-19)26-15-21-29-28-17(2)30(21)3/h7-8,11,14,19,25H,4-6,9-10,12-13,15H2,1-3H3,(H2,24,26,27). The van der Waals surface area contributed by atoms with Gasteiger partial charge in [0.15, 0.2) is 11.8 Å². The van der Waals surface area contributed by atoms with Crippen LogP contribution in [-0.2, 0) is 20.0 Å². The number of benzene rings is 1. The molecule has 0 atom stereocenters. The molecule has 160 valence electrons. The highest BCUT2D eigenvalue weighted by molar-refractivity contribution is 5.86. The van der Waals surface area contributed by atoms with E-state index < -0.39 is 0 Å². The number of nitrogens with one attached hydrogen (secondary N) is 3. The Hall–Kier alpha value is -2.83. The molecule has 1 aromatic carbocycles. The SMILES string of the molecule is Cc1cccc2[nH]cc(CCNC(=NCc3nnc(C)n3C)NC3CCCCC3)c12. The maximum atomic E-state index is 4.82. The molecule has 7 heteroatoms. The maximum Gasteiger partial charge on any atom is 0.191 e. The quantitative estimate of drug-likeness (QED) is 0.431. The third-order valence-corrected chi connectivity index (χ3v) is 6.19. The summed E-state index contributed by atoms with van der Waals surface area (Å²) in [5.74, 6) is 2.66. The second kappa shape index (κ2) is 9.32. The van der Waals surface area contributed by atoms with E-state index in [2.05, 4.69) is 57.1 Å². The Morgan fingerprint density at radius 3 is 2.80 bits per heavy atom. The second-order valence-electron chi connectivity index (χ2n) is 8.35. The molecular formula is C23H33N7. The van der Waals surface area contributed by atoms with E-state index in [0.29, 0.717) is 12.6 Å². The summed E-state index contributed by atoms with van der Waals surface area (Å²) in [5.41, 5.74) is 3.86. The largest absolute Gasteiger partial charge is 0.361 e. The third kappa shape index (κ3) is 4.66. The summed E-state index contributed by atoms with van der Waals surface area (Å²) in [4.78, 5) is 8.22. The van der Waals surface area contributed by atoms with E-state index in [-0.39, 0.29) is 0 Å². The van der Waals surface area contributed by atoms with Gasteiger partial charge in [-0.3, -0.25) is 0 Å². The molecule has 0 saturated heterocycles. The maximum absolute atomic E-state index is 4.82. The van der Waals surface area contributed by atoms with Gasteiger partial charge in [-0.1, -0.05) is 31.4 Å². The molecule has 0 bridgehead atoms. The van der Waals surface area contributed by atoms with Gasteiger partial charge in [-0.2, -0.15) is 0 Å². The van der Waals surface area contributed by atoms with Gasteiger partial charge in [0, 0.05) is 36.7 Å². The van der Waals surface area contributed by atoms with E-state index in [9.17, 15) is 0 Å². The lowest BCUT2D eigenvalue weighted by molar-refractivity contribution is 0.410. The first-order chi connectivity index (χ1) is 14.6. The highest BCUT2D eigenvalue weighted by atomic mass is 15.3. The molecule has 0 aliphatic heterocycles. The first-order valence-corrected chi connectivity index (χ1v) is 11.1. The average molecular weight is 408 g/mol. The summed E-state index contributed by atoms with van der Waals surface area (Å²) < 4.78 is 2.00. The van der Waals surface area contributed by atoms with Crippen LogP contribution in [0.1, 0.15) is 54.9 Å². The molecule has 3 N–H and O–H groups in total. The summed E-state index contributed by atoms with van der Waals surface area (Å²) in [7, 11) is 1.99. The molecule has 0 spiro atoms. The van der Waals surface area contributed by atoms with E-state index >= 15 is 0 Å². The molecule has 4 rings (SSSR count). The van der Waals surface area contributed by atoms with E-state index in [1.165, 1.54) is 54.1 Å². The summed E-state index contributed by atoms with van der Waals surface area (Å²) in [6, 6.07) is 6.91. The van der Waals surface area contributed by atoms with Gasteiger partial charge in [0.05, 0.1) is 0 Å². The average Bonchev–Trinajstić information content (AvgIpc) is 3.31. The Morgan fingerprint density at radius 2 is 2.03 bits per heavy atom. The zero-order valence-corrected chi connectivity index (χ0v) is 18.3. The van der Waals surface area contributed by atoms with E-state index in [4.69, 9.17) is 4.99 Å². The minimum absolute atomic E-state index is 0.501. The van der Waals surface area contributed by atoms with Gasteiger partial charge in [0.2, 0.25) is 0 Å². The van der Waals surface area contributed by atoms with E-state index in [1.54, 1.807) is 0 Å². The monoisotopic (exact) mass is 407 g/mol. The van der Waals surface area contributed by atoms with Crippen molar-refractivity contribution in [1.29, 1.82) is 0 Å². The fourth-order valence-electron chi connectivity index (χ4n) is 4.30. The van der Waals surface area contributed by atoms with Crippen LogP contribution >= 0.6 is 0 Å². The van der Waals surface area contributed by atoms with Gasteiger partial charge in [0.25, 0.3) is 0 Å². The Bertz CT molecular complexity index is 1010. The van der Waals surface area contributed by atoms with Crippen molar-refractivity contribution in [3.8, 4) is 0 Å². The highest BCUT2D eigenvalue weighted by Gasteiger charge is 2.15. The molecular weight excluding hydrogens is 374 g/mol. The summed E-state index contributed by atoms with van der Waals surface area (Å²) >= 11 is 0. The molecule has 1 saturated carbocycles. The van der Waals surface area contributed by atoms with Crippen LogP contribution in [0.15, 0.2) is 29.4 Å². The van der Waals surface area contributed by atoms with Crippen molar-refractivity contribution in [1.82, 2.24) is 30.4 Å². The molecule has 30 heavy (non-hydrogen) atoms. The van der Waals surface area contributed by atoms with Crippen molar-refractivity contribution >= 4 is 16.9 Å². The predicted molar refractivity (Wildman–Crippen MR) is 122 cm³/mol. The van der Waals surface area contributed by atoms with Crippen molar-refractivity contribution in [3.63, 3.8) is 0 Å². The van der Waals surface area contributed by atoms with Gasteiger partial charge < -0.3 is 20.2 Å². The second-order valence-corrected chi connectivity index (χ2v) is 8.35. The minimum atomic E-state index is 0.501. The number of rotatable bonds is 6. The Balaban J connectivity index is 1.43. The van der Waals surface area contributed by atoms with Crippen molar-refractivity contribution in [2.45, 2.75) is 65.0 Å².